The van der Waals surface area contributed by atoms with Gasteiger partial charge in [-0.05, 0) is 32.2 Å². The van der Waals surface area contributed by atoms with Crippen LogP contribution in [0.2, 0.25) is 0 Å². The van der Waals surface area contributed by atoms with Crippen molar-refractivity contribution in [1.29, 1.82) is 0 Å². The zero-order chi connectivity index (χ0) is 9.26. The quantitative estimate of drug-likeness (QED) is 0.692. The molecule has 0 spiro atoms. The maximum absolute atomic E-state index is 5.75. The molecule has 0 aromatic carbocycles. The number of nitrogens with two attached hydrogens (primary N) is 1. The van der Waals surface area contributed by atoms with Gasteiger partial charge in [0, 0.05) is 25.2 Å². The third-order valence-corrected chi connectivity index (χ3v) is 3.35. The van der Waals surface area contributed by atoms with Crippen LogP contribution in [0.1, 0.15) is 19.3 Å². The molecule has 2 fully saturated rings. The first kappa shape index (κ1) is 9.44. The lowest BCUT2D eigenvalue weighted by atomic mass is 9.80. The van der Waals surface area contributed by atoms with E-state index in [1.54, 1.807) is 0 Å². The van der Waals surface area contributed by atoms with E-state index in [2.05, 4.69) is 11.9 Å². The van der Waals surface area contributed by atoms with Crippen LogP contribution in [0.25, 0.3) is 0 Å². The highest BCUT2D eigenvalue weighted by Crippen LogP contribution is 2.27. The first-order chi connectivity index (χ1) is 6.25. The largest absolute Gasteiger partial charge is 0.380 e. The Balaban J connectivity index is 1.68. The van der Waals surface area contributed by atoms with Crippen molar-refractivity contribution >= 4 is 0 Å². The van der Waals surface area contributed by atoms with Crippen LogP contribution in [-0.2, 0) is 4.74 Å². The van der Waals surface area contributed by atoms with E-state index in [4.69, 9.17) is 10.5 Å². The van der Waals surface area contributed by atoms with Crippen LogP contribution < -0.4 is 5.73 Å². The highest BCUT2D eigenvalue weighted by molar-refractivity contribution is 4.85. The molecule has 1 saturated heterocycles. The van der Waals surface area contributed by atoms with Crippen LogP contribution in [0.5, 0.6) is 0 Å². The number of rotatable bonds is 3. The molecular formula is C10H20N2O. The van der Waals surface area contributed by atoms with Gasteiger partial charge in [-0.25, -0.2) is 0 Å². The van der Waals surface area contributed by atoms with Crippen molar-refractivity contribution in [3.63, 3.8) is 0 Å². The van der Waals surface area contributed by atoms with Gasteiger partial charge in [-0.1, -0.05) is 0 Å². The molecule has 2 aliphatic rings. The molecule has 0 bridgehead atoms. The summed E-state index contributed by atoms with van der Waals surface area (Å²) in [5.41, 5.74) is 5.75. The second-order valence-electron chi connectivity index (χ2n) is 4.55. The molecule has 2 rings (SSSR count). The average molecular weight is 184 g/mol. The SMILES string of the molecule is CN(CC1CC(N)C1)C1CCOC1. The summed E-state index contributed by atoms with van der Waals surface area (Å²) in [5, 5.41) is 0. The average Bonchev–Trinajstić information content (AvgIpc) is 2.53. The van der Waals surface area contributed by atoms with Crippen LogP contribution in [0.15, 0.2) is 0 Å². The maximum Gasteiger partial charge on any atom is 0.0622 e. The molecule has 13 heavy (non-hydrogen) atoms. The van der Waals surface area contributed by atoms with Crippen LogP contribution >= 0.6 is 0 Å². The fraction of sp³-hybridized carbons (Fsp3) is 1.00. The summed E-state index contributed by atoms with van der Waals surface area (Å²) in [6.07, 6.45) is 3.64. The van der Waals surface area contributed by atoms with Gasteiger partial charge in [-0.3, -0.25) is 0 Å². The Morgan fingerprint density at radius 1 is 1.46 bits per heavy atom. The number of likely N-dealkylation sites (N-methyl/N-ethyl adjacent to an activating group) is 1. The molecule has 0 aromatic heterocycles. The molecule has 0 aromatic rings. The zero-order valence-corrected chi connectivity index (χ0v) is 8.41. The van der Waals surface area contributed by atoms with Crippen molar-refractivity contribution in [2.24, 2.45) is 11.7 Å². The summed E-state index contributed by atoms with van der Waals surface area (Å²) in [5.74, 6) is 0.848. The van der Waals surface area contributed by atoms with E-state index >= 15 is 0 Å². The standard InChI is InChI=1S/C10H20N2O/c1-12(10-2-3-13-7-10)6-8-4-9(11)5-8/h8-10H,2-7,11H2,1H3. The van der Waals surface area contributed by atoms with Crippen LogP contribution in [-0.4, -0.2) is 43.8 Å². The van der Waals surface area contributed by atoms with Gasteiger partial charge in [-0.15, -0.1) is 0 Å². The number of ether oxygens (including phenoxy) is 1. The number of hydrogen-bond donors (Lipinski definition) is 1. The van der Waals surface area contributed by atoms with Crippen molar-refractivity contribution in [3.05, 3.63) is 0 Å². The Bertz CT molecular complexity index is 162. The molecule has 1 saturated carbocycles. The maximum atomic E-state index is 5.75. The topological polar surface area (TPSA) is 38.5 Å². The van der Waals surface area contributed by atoms with Gasteiger partial charge >= 0.3 is 0 Å². The van der Waals surface area contributed by atoms with E-state index < -0.39 is 0 Å². The molecule has 1 atom stereocenters. The van der Waals surface area contributed by atoms with Crippen LogP contribution in [0.4, 0.5) is 0 Å². The Hall–Kier alpha value is -0.120. The van der Waals surface area contributed by atoms with Gasteiger partial charge in [0.05, 0.1) is 6.61 Å². The Kier molecular flexibility index (Phi) is 2.86. The minimum Gasteiger partial charge on any atom is -0.380 e. The van der Waals surface area contributed by atoms with Crippen LogP contribution in [0.3, 0.4) is 0 Å². The normalized spacial score (nSPS) is 39.5. The third-order valence-electron chi connectivity index (χ3n) is 3.35. The van der Waals surface area contributed by atoms with Gasteiger partial charge < -0.3 is 15.4 Å². The lowest BCUT2D eigenvalue weighted by Crippen LogP contribution is -2.44. The van der Waals surface area contributed by atoms with Crippen molar-refractivity contribution in [3.8, 4) is 0 Å². The fourth-order valence-electron chi connectivity index (χ4n) is 2.36. The van der Waals surface area contributed by atoms with Gasteiger partial charge in [0.15, 0.2) is 0 Å². The molecule has 1 aliphatic carbocycles. The molecule has 1 aliphatic heterocycles. The molecule has 0 radical (unpaired) electrons. The first-order valence-electron chi connectivity index (χ1n) is 5.29. The van der Waals surface area contributed by atoms with Gasteiger partial charge in [-0.2, -0.15) is 0 Å². The predicted octanol–water partition coefficient (Wildman–Crippen LogP) is 0.444. The lowest BCUT2D eigenvalue weighted by Gasteiger charge is -2.36. The summed E-state index contributed by atoms with van der Waals surface area (Å²) in [7, 11) is 2.21. The minimum absolute atomic E-state index is 0.484. The summed E-state index contributed by atoms with van der Waals surface area (Å²) < 4.78 is 5.37. The van der Waals surface area contributed by atoms with Gasteiger partial charge in [0.1, 0.15) is 0 Å². The smallest absolute Gasteiger partial charge is 0.0622 e. The van der Waals surface area contributed by atoms with Gasteiger partial charge in [0.25, 0.3) is 0 Å². The molecular weight excluding hydrogens is 164 g/mol. The Morgan fingerprint density at radius 3 is 2.77 bits per heavy atom. The first-order valence-corrected chi connectivity index (χ1v) is 5.29. The van der Waals surface area contributed by atoms with E-state index in [9.17, 15) is 0 Å². The lowest BCUT2D eigenvalue weighted by molar-refractivity contribution is 0.124. The van der Waals surface area contributed by atoms with Crippen molar-refractivity contribution < 1.29 is 4.74 Å². The third kappa shape index (κ3) is 2.22. The molecule has 3 heteroatoms. The van der Waals surface area contributed by atoms with E-state index in [1.165, 1.54) is 25.8 Å². The van der Waals surface area contributed by atoms with Crippen molar-refractivity contribution in [1.82, 2.24) is 4.90 Å². The molecule has 1 unspecified atom stereocenters. The zero-order valence-electron chi connectivity index (χ0n) is 8.41. The van der Waals surface area contributed by atoms with Crippen LogP contribution in [0, 0.1) is 5.92 Å². The molecule has 2 N–H and O–H groups in total. The van der Waals surface area contributed by atoms with E-state index in [0.29, 0.717) is 12.1 Å². The second kappa shape index (κ2) is 3.95. The molecule has 76 valence electrons. The van der Waals surface area contributed by atoms with Gasteiger partial charge in [0.2, 0.25) is 0 Å². The highest BCUT2D eigenvalue weighted by atomic mass is 16.5. The molecule has 0 amide bonds. The summed E-state index contributed by atoms with van der Waals surface area (Å²) >= 11 is 0. The van der Waals surface area contributed by atoms with Crippen molar-refractivity contribution in [2.45, 2.75) is 31.3 Å². The predicted molar refractivity (Wildman–Crippen MR) is 52.6 cm³/mol. The highest BCUT2D eigenvalue weighted by Gasteiger charge is 2.29. The Labute approximate surface area is 80.2 Å². The van der Waals surface area contributed by atoms with E-state index in [-0.39, 0.29) is 0 Å². The fourth-order valence-corrected chi connectivity index (χ4v) is 2.36. The minimum atomic E-state index is 0.484. The summed E-state index contributed by atoms with van der Waals surface area (Å²) in [6, 6.07) is 1.15. The summed E-state index contributed by atoms with van der Waals surface area (Å²) in [4.78, 5) is 2.45. The van der Waals surface area contributed by atoms with E-state index in [0.717, 1.165) is 19.1 Å². The summed E-state index contributed by atoms with van der Waals surface area (Å²) in [6.45, 7) is 3.08. The number of nitrogens with zero attached hydrogens (tertiary/aromatic N) is 1. The van der Waals surface area contributed by atoms with E-state index in [1.807, 2.05) is 0 Å². The monoisotopic (exact) mass is 184 g/mol. The number of hydrogen-bond acceptors (Lipinski definition) is 3. The molecule has 3 nitrogen and oxygen atoms in total. The second-order valence-corrected chi connectivity index (χ2v) is 4.55. The Morgan fingerprint density at radius 2 is 2.23 bits per heavy atom. The van der Waals surface area contributed by atoms with Crippen molar-refractivity contribution in [2.75, 3.05) is 26.8 Å². The molecule has 1 heterocycles.